The minimum absolute atomic E-state index is 0.213. The maximum Gasteiger partial charge on any atom is 0.251 e. The van der Waals surface area contributed by atoms with E-state index in [-0.39, 0.29) is 5.91 Å². The molecule has 1 N–H and O–H groups in total. The Kier molecular flexibility index (Phi) is 7.09. The number of thioether (sulfide) groups is 1. The molecule has 0 aliphatic rings. The zero-order valence-corrected chi connectivity index (χ0v) is 15.6. The van der Waals surface area contributed by atoms with Crippen LogP contribution in [-0.4, -0.2) is 32.4 Å². The van der Waals surface area contributed by atoms with E-state index in [4.69, 9.17) is 32.7 Å². The third kappa shape index (κ3) is 4.97. The van der Waals surface area contributed by atoms with Gasteiger partial charge < -0.3 is 14.8 Å². The number of carbonyl (C=O) groups is 1. The summed E-state index contributed by atoms with van der Waals surface area (Å²) in [5, 5.41) is 3.89. The fraction of sp³-hybridized carbons (Fsp3) is 0.235. The Hall–Kier alpha value is -1.56. The van der Waals surface area contributed by atoms with Crippen molar-refractivity contribution in [2.75, 3.05) is 26.5 Å². The van der Waals surface area contributed by atoms with Crippen LogP contribution in [0.15, 0.2) is 41.3 Å². The number of hydrogen-bond acceptors (Lipinski definition) is 4. The predicted octanol–water partition coefficient (Wildman–Crippen LogP) is 4.53. The predicted molar refractivity (Wildman–Crippen MR) is 99.1 cm³/mol. The average molecular weight is 386 g/mol. The van der Waals surface area contributed by atoms with E-state index in [2.05, 4.69) is 5.32 Å². The van der Waals surface area contributed by atoms with E-state index in [9.17, 15) is 4.79 Å². The third-order valence-corrected chi connectivity index (χ3v) is 4.71. The summed E-state index contributed by atoms with van der Waals surface area (Å²) < 4.78 is 10.4. The highest BCUT2D eigenvalue weighted by Gasteiger charge is 2.14. The van der Waals surface area contributed by atoms with Crippen molar-refractivity contribution >= 4 is 40.9 Å². The van der Waals surface area contributed by atoms with Gasteiger partial charge in [-0.15, -0.1) is 11.8 Å². The summed E-state index contributed by atoms with van der Waals surface area (Å²) in [5.41, 5.74) is 0.425. The lowest BCUT2D eigenvalue weighted by Crippen LogP contribution is -2.25. The second kappa shape index (κ2) is 9.06. The molecule has 2 aromatic carbocycles. The molecular weight excluding hydrogens is 369 g/mol. The Morgan fingerprint density at radius 1 is 1.12 bits per heavy atom. The Morgan fingerprint density at radius 3 is 2.46 bits per heavy atom. The number of benzene rings is 2. The average Bonchev–Trinajstić information content (AvgIpc) is 2.59. The summed E-state index contributed by atoms with van der Waals surface area (Å²) in [5.74, 6) is 1.36. The number of rotatable bonds is 7. The van der Waals surface area contributed by atoms with Crippen molar-refractivity contribution in [3.05, 3.63) is 52.0 Å². The fourth-order valence-corrected chi connectivity index (χ4v) is 3.20. The van der Waals surface area contributed by atoms with Gasteiger partial charge in [-0.25, -0.2) is 0 Å². The maximum absolute atomic E-state index is 12.2. The Balaban J connectivity index is 1.90. The molecular formula is C17H17Cl2NO3S. The highest BCUT2D eigenvalue weighted by molar-refractivity contribution is 7.99. The van der Waals surface area contributed by atoms with Crippen molar-refractivity contribution in [3.63, 3.8) is 0 Å². The largest absolute Gasteiger partial charge is 0.493 e. The van der Waals surface area contributed by atoms with Crippen molar-refractivity contribution in [1.29, 1.82) is 0 Å². The van der Waals surface area contributed by atoms with Crippen LogP contribution in [0.1, 0.15) is 10.4 Å². The molecule has 0 radical (unpaired) electrons. The van der Waals surface area contributed by atoms with E-state index < -0.39 is 0 Å². The molecule has 0 saturated carbocycles. The van der Waals surface area contributed by atoms with Crippen LogP contribution in [0, 0.1) is 0 Å². The van der Waals surface area contributed by atoms with Crippen LogP contribution in [0.4, 0.5) is 0 Å². The molecule has 128 valence electrons. The zero-order valence-electron chi connectivity index (χ0n) is 13.3. The zero-order chi connectivity index (χ0) is 17.5. The Morgan fingerprint density at radius 2 is 1.83 bits per heavy atom. The molecule has 0 bridgehead atoms. The van der Waals surface area contributed by atoms with Crippen molar-refractivity contribution in [2.45, 2.75) is 4.90 Å². The number of amides is 1. The van der Waals surface area contributed by atoms with Crippen LogP contribution < -0.4 is 14.8 Å². The minimum atomic E-state index is -0.213. The van der Waals surface area contributed by atoms with E-state index in [0.29, 0.717) is 33.7 Å². The van der Waals surface area contributed by atoms with Gasteiger partial charge in [-0.05, 0) is 36.4 Å². The molecule has 0 aliphatic heterocycles. The van der Waals surface area contributed by atoms with E-state index in [1.807, 2.05) is 24.3 Å². The first kappa shape index (κ1) is 18.8. The van der Waals surface area contributed by atoms with Gasteiger partial charge in [0.15, 0.2) is 11.5 Å². The summed E-state index contributed by atoms with van der Waals surface area (Å²) in [4.78, 5) is 13.3. The molecule has 24 heavy (non-hydrogen) atoms. The molecule has 0 unspecified atom stereocenters. The number of carbonyl (C=O) groups excluding carboxylic acids is 1. The van der Waals surface area contributed by atoms with Gasteiger partial charge in [0.05, 0.1) is 19.2 Å². The van der Waals surface area contributed by atoms with Crippen LogP contribution in [0.2, 0.25) is 10.0 Å². The van der Waals surface area contributed by atoms with Gasteiger partial charge in [0.2, 0.25) is 0 Å². The van der Waals surface area contributed by atoms with Crippen molar-refractivity contribution in [1.82, 2.24) is 5.32 Å². The van der Waals surface area contributed by atoms with Crippen LogP contribution in [0.25, 0.3) is 0 Å². The van der Waals surface area contributed by atoms with Gasteiger partial charge in [-0.1, -0.05) is 23.2 Å². The second-order valence-corrected chi connectivity index (χ2v) is 6.76. The lowest BCUT2D eigenvalue weighted by Gasteiger charge is -2.12. The topological polar surface area (TPSA) is 47.6 Å². The summed E-state index contributed by atoms with van der Waals surface area (Å²) in [6.07, 6.45) is 0. The number of hydrogen-bond donors (Lipinski definition) is 1. The lowest BCUT2D eigenvalue weighted by molar-refractivity contribution is 0.0956. The molecule has 2 aromatic rings. The third-order valence-electron chi connectivity index (χ3n) is 3.17. The van der Waals surface area contributed by atoms with Gasteiger partial charge in [0, 0.05) is 27.8 Å². The normalized spacial score (nSPS) is 10.3. The smallest absolute Gasteiger partial charge is 0.251 e. The second-order valence-electron chi connectivity index (χ2n) is 4.75. The summed E-state index contributed by atoms with van der Waals surface area (Å²) in [6, 6.07) is 10.7. The van der Waals surface area contributed by atoms with Gasteiger partial charge >= 0.3 is 0 Å². The SMILES string of the molecule is COc1cc(C(=O)NCCSc2ccc(Cl)cc2)cc(Cl)c1OC. The Bertz CT molecular complexity index is 708. The number of ether oxygens (including phenoxy) is 2. The summed E-state index contributed by atoms with van der Waals surface area (Å²) >= 11 is 13.6. The Labute approximate surface area is 155 Å². The highest BCUT2D eigenvalue weighted by atomic mass is 35.5. The van der Waals surface area contributed by atoms with Crippen molar-refractivity contribution in [2.24, 2.45) is 0 Å². The molecule has 0 aromatic heterocycles. The lowest BCUT2D eigenvalue weighted by atomic mass is 10.2. The van der Waals surface area contributed by atoms with E-state index in [1.165, 1.54) is 14.2 Å². The van der Waals surface area contributed by atoms with Crippen LogP contribution in [-0.2, 0) is 0 Å². The minimum Gasteiger partial charge on any atom is -0.493 e. The number of nitrogens with one attached hydrogen (secondary N) is 1. The van der Waals surface area contributed by atoms with Gasteiger partial charge in [0.25, 0.3) is 5.91 Å². The molecule has 7 heteroatoms. The first-order chi connectivity index (χ1) is 11.5. The fourth-order valence-electron chi connectivity index (χ4n) is 2.02. The van der Waals surface area contributed by atoms with E-state index in [1.54, 1.807) is 23.9 Å². The monoisotopic (exact) mass is 385 g/mol. The van der Waals surface area contributed by atoms with Crippen molar-refractivity contribution < 1.29 is 14.3 Å². The number of halogens is 2. The van der Waals surface area contributed by atoms with Crippen LogP contribution in [0.5, 0.6) is 11.5 Å². The molecule has 4 nitrogen and oxygen atoms in total. The molecule has 0 aliphatic carbocycles. The van der Waals surface area contributed by atoms with E-state index >= 15 is 0 Å². The highest BCUT2D eigenvalue weighted by Crippen LogP contribution is 2.35. The quantitative estimate of drug-likeness (QED) is 0.561. The first-order valence-electron chi connectivity index (χ1n) is 7.13. The van der Waals surface area contributed by atoms with Crippen LogP contribution in [0.3, 0.4) is 0 Å². The standard InChI is InChI=1S/C17H17Cl2NO3S/c1-22-15-10-11(9-14(19)16(15)23-2)17(21)20-7-8-24-13-5-3-12(18)4-6-13/h3-6,9-10H,7-8H2,1-2H3,(H,20,21). The van der Waals surface area contributed by atoms with Gasteiger partial charge in [0.1, 0.15) is 0 Å². The molecule has 0 atom stereocenters. The van der Waals surface area contributed by atoms with Crippen LogP contribution >= 0.6 is 35.0 Å². The summed E-state index contributed by atoms with van der Waals surface area (Å²) in [7, 11) is 3.00. The van der Waals surface area contributed by atoms with Gasteiger partial charge in [-0.3, -0.25) is 4.79 Å². The molecule has 0 spiro atoms. The number of methoxy groups -OCH3 is 2. The first-order valence-corrected chi connectivity index (χ1v) is 8.87. The molecule has 2 rings (SSSR count). The molecule has 0 heterocycles. The van der Waals surface area contributed by atoms with E-state index in [0.717, 1.165) is 10.6 Å². The maximum atomic E-state index is 12.2. The molecule has 1 amide bonds. The molecule has 0 fully saturated rings. The van der Waals surface area contributed by atoms with Crippen molar-refractivity contribution in [3.8, 4) is 11.5 Å². The summed E-state index contributed by atoms with van der Waals surface area (Å²) in [6.45, 7) is 0.526. The molecule has 0 saturated heterocycles. The van der Waals surface area contributed by atoms with Gasteiger partial charge in [-0.2, -0.15) is 0 Å².